The fourth-order valence-electron chi connectivity index (χ4n) is 1.98. The van der Waals surface area contributed by atoms with E-state index in [1.54, 1.807) is 0 Å². The van der Waals surface area contributed by atoms with Gasteiger partial charge in [0.15, 0.2) is 0 Å². The Kier molecular flexibility index (Phi) is 2.49. The molecule has 0 saturated carbocycles. The molecule has 1 N–H and O–H groups in total. The number of aliphatic hydroxyl groups is 1. The minimum atomic E-state index is -0.574. The molecule has 0 amide bonds. The molecule has 0 radical (unpaired) electrons. The van der Waals surface area contributed by atoms with E-state index in [1.165, 1.54) is 0 Å². The molecule has 1 aliphatic rings. The molecule has 3 nitrogen and oxygen atoms in total. The third kappa shape index (κ3) is 1.88. The molecule has 0 aromatic heterocycles. The monoisotopic (exact) mass is 206 g/mol. The number of aliphatic hydroxyl groups excluding tert-OH is 1. The van der Waals surface area contributed by atoms with E-state index in [9.17, 15) is 9.90 Å². The molecule has 0 bridgehead atoms. The normalized spacial score (nSPS) is 29.1. The van der Waals surface area contributed by atoms with Crippen LogP contribution in [0.1, 0.15) is 31.4 Å². The van der Waals surface area contributed by atoms with Crippen LogP contribution in [0.3, 0.4) is 0 Å². The summed E-state index contributed by atoms with van der Waals surface area (Å²) in [5, 5.41) is 9.93. The van der Waals surface area contributed by atoms with Gasteiger partial charge in [-0.3, -0.25) is 0 Å². The first-order valence-corrected chi connectivity index (χ1v) is 5.04. The molecule has 2 unspecified atom stereocenters. The number of rotatable bonds is 2. The second kappa shape index (κ2) is 3.66. The van der Waals surface area contributed by atoms with Crippen LogP contribution in [0.4, 0.5) is 0 Å². The Morgan fingerprint density at radius 2 is 2.33 bits per heavy atom. The highest BCUT2D eigenvalue weighted by atomic mass is 16.5. The van der Waals surface area contributed by atoms with E-state index in [1.807, 2.05) is 31.2 Å². The molecule has 3 heteroatoms. The van der Waals surface area contributed by atoms with Crippen LogP contribution in [0.2, 0.25) is 0 Å². The maximum atomic E-state index is 10.5. The summed E-state index contributed by atoms with van der Waals surface area (Å²) in [4.78, 5) is 10.5. The molecule has 2 rings (SSSR count). The van der Waals surface area contributed by atoms with Crippen molar-refractivity contribution in [3.8, 4) is 5.75 Å². The number of hydrogen-bond acceptors (Lipinski definition) is 3. The van der Waals surface area contributed by atoms with Gasteiger partial charge in [0.1, 0.15) is 17.6 Å². The molecule has 80 valence electrons. The molecule has 0 saturated heterocycles. The lowest BCUT2D eigenvalue weighted by atomic mass is 9.88. The van der Waals surface area contributed by atoms with E-state index in [-0.39, 0.29) is 0 Å². The zero-order valence-electron chi connectivity index (χ0n) is 8.64. The van der Waals surface area contributed by atoms with Crippen molar-refractivity contribution in [2.24, 2.45) is 0 Å². The van der Waals surface area contributed by atoms with Crippen LogP contribution >= 0.6 is 0 Å². The first-order chi connectivity index (χ1) is 7.14. The van der Waals surface area contributed by atoms with Crippen molar-refractivity contribution in [1.29, 1.82) is 0 Å². The lowest BCUT2D eigenvalue weighted by Gasteiger charge is -2.37. The number of benzene rings is 1. The Hall–Kier alpha value is -1.35. The van der Waals surface area contributed by atoms with Gasteiger partial charge in [0, 0.05) is 18.4 Å². The van der Waals surface area contributed by atoms with Crippen molar-refractivity contribution in [2.45, 2.75) is 31.5 Å². The maximum Gasteiger partial charge on any atom is 0.125 e. The van der Waals surface area contributed by atoms with Crippen molar-refractivity contribution in [3.05, 3.63) is 29.8 Å². The maximum absolute atomic E-state index is 10.5. The zero-order valence-corrected chi connectivity index (χ0v) is 8.64. The first kappa shape index (κ1) is 10.2. The fourth-order valence-corrected chi connectivity index (χ4v) is 1.98. The van der Waals surface area contributed by atoms with E-state index in [2.05, 4.69) is 0 Å². The van der Waals surface area contributed by atoms with Gasteiger partial charge in [0.05, 0.1) is 6.10 Å². The average molecular weight is 206 g/mol. The van der Waals surface area contributed by atoms with Gasteiger partial charge in [0.2, 0.25) is 0 Å². The topological polar surface area (TPSA) is 46.5 Å². The molecule has 15 heavy (non-hydrogen) atoms. The van der Waals surface area contributed by atoms with Crippen LogP contribution in [-0.2, 0) is 4.79 Å². The van der Waals surface area contributed by atoms with Crippen molar-refractivity contribution < 1.29 is 14.6 Å². The summed E-state index contributed by atoms with van der Waals surface area (Å²) in [5.74, 6) is 0.681. The predicted molar refractivity (Wildman–Crippen MR) is 55.7 cm³/mol. The highest BCUT2D eigenvalue weighted by Gasteiger charge is 2.35. The molecule has 1 aromatic rings. The Morgan fingerprint density at radius 3 is 3.07 bits per heavy atom. The minimum Gasteiger partial charge on any atom is -0.487 e. The second-order valence-electron chi connectivity index (χ2n) is 4.18. The van der Waals surface area contributed by atoms with Gasteiger partial charge in [-0.05, 0) is 13.0 Å². The standard InChI is InChI=1S/C12H14O3/c1-12(6-7-13)8-10(14)9-4-2-3-5-11(9)15-12/h2-5,7,10,14H,6,8H2,1H3. The highest BCUT2D eigenvalue weighted by molar-refractivity contribution is 5.52. The summed E-state index contributed by atoms with van der Waals surface area (Å²) in [6.45, 7) is 1.85. The molecule has 1 heterocycles. The quantitative estimate of drug-likeness (QED) is 0.751. The van der Waals surface area contributed by atoms with E-state index in [0.717, 1.165) is 11.8 Å². The predicted octanol–water partition coefficient (Wildman–Crippen LogP) is 1.85. The number of ether oxygens (including phenoxy) is 1. The van der Waals surface area contributed by atoms with E-state index in [0.29, 0.717) is 18.6 Å². The van der Waals surface area contributed by atoms with Crippen molar-refractivity contribution >= 4 is 6.29 Å². The second-order valence-corrected chi connectivity index (χ2v) is 4.18. The fraction of sp³-hybridized carbons (Fsp3) is 0.417. The number of fused-ring (bicyclic) bond motifs is 1. The smallest absolute Gasteiger partial charge is 0.125 e. The van der Waals surface area contributed by atoms with Crippen molar-refractivity contribution in [3.63, 3.8) is 0 Å². The summed E-state index contributed by atoms with van der Waals surface area (Å²) < 4.78 is 5.74. The SMILES string of the molecule is CC1(CC=O)CC(O)c2ccccc2O1. The number of hydrogen-bond donors (Lipinski definition) is 1. The highest BCUT2D eigenvalue weighted by Crippen LogP contribution is 2.40. The number of carbonyl (C=O) groups excluding carboxylic acids is 1. The van der Waals surface area contributed by atoms with Gasteiger partial charge in [-0.25, -0.2) is 0 Å². The summed E-state index contributed by atoms with van der Waals surface area (Å²) in [7, 11) is 0. The van der Waals surface area contributed by atoms with Crippen LogP contribution in [0, 0.1) is 0 Å². The largest absolute Gasteiger partial charge is 0.487 e. The Morgan fingerprint density at radius 1 is 1.60 bits per heavy atom. The molecule has 0 aliphatic carbocycles. The molecular formula is C12H14O3. The molecule has 1 aliphatic heterocycles. The zero-order chi connectivity index (χ0) is 10.9. The van der Waals surface area contributed by atoms with Crippen LogP contribution in [0.25, 0.3) is 0 Å². The summed E-state index contributed by atoms with van der Waals surface area (Å²) in [6.07, 6.45) is 1.06. The molecular weight excluding hydrogens is 192 g/mol. The van der Waals surface area contributed by atoms with Gasteiger partial charge in [-0.2, -0.15) is 0 Å². The number of carbonyl (C=O) groups is 1. The lowest BCUT2D eigenvalue weighted by Crippen LogP contribution is -2.38. The summed E-state index contributed by atoms with van der Waals surface area (Å²) >= 11 is 0. The van der Waals surface area contributed by atoms with Crippen LogP contribution in [0.15, 0.2) is 24.3 Å². The molecule has 0 fully saturated rings. The van der Waals surface area contributed by atoms with Crippen LogP contribution < -0.4 is 4.74 Å². The lowest BCUT2D eigenvalue weighted by molar-refractivity contribution is -0.112. The summed E-state index contributed by atoms with van der Waals surface area (Å²) in [6, 6.07) is 7.40. The Balaban J connectivity index is 2.33. The van der Waals surface area contributed by atoms with Crippen LogP contribution in [-0.4, -0.2) is 17.0 Å². The van der Waals surface area contributed by atoms with Gasteiger partial charge in [0.25, 0.3) is 0 Å². The van der Waals surface area contributed by atoms with Gasteiger partial charge >= 0.3 is 0 Å². The number of para-hydroxylation sites is 1. The molecule has 2 atom stereocenters. The van der Waals surface area contributed by atoms with E-state index >= 15 is 0 Å². The van der Waals surface area contributed by atoms with E-state index in [4.69, 9.17) is 4.74 Å². The van der Waals surface area contributed by atoms with Crippen molar-refractivity contribution in [1.82, 2.24) is 0 Å². The molecule has 1 aromatic carbocycles. The average Bonchev–Trinajstić information content (AvgIpc) is 2.17. The minimum absolute atomic E-state index is 0.304. The Bertz CT molecular complexity index is 375. The summed E-state index contributed by atoms with van der Waals surface area (Å²) in [5.41, 5.74) is 0.232. The van der Waals surface area contributed by atoms with Gasteiger partial charge < -0.3 is 14.6 Å². The third-order valence-corrected chi connectivity index (χ3v) is 2.77. The van der Waals surface area contributed by atoms with Crippen molar-refractivity contribution in [2.75, 3.05) is 0 Å². The third-order valence-electron chi connectivity index (χ3n) is 2.77. The van der Waals surface area contributed by atoms with Gasteiger partial charge in [-0.15, -0.1) is 0 Å². The van der Waals surface area contributed by atoms with Crippen LogP contribution in [0.5, 0.6) is 5.75 Å². The first-order valence-electron chi connectivity index (χ1n) is 5.04. The van der Waals surface area contributed by atoms with E-state index < -0.39 is 11.7 Å². The molecule has 0 spiro atoms. The Labute approximate surface area is 88.7 Å². The number of aldehydes is 1. The van der Waals surface area contributed by atoms with Gasteiger partial charge in [-0.1, -0.05) is 18.2 Å².